The molecule has 0 unspecified atom stereocenters. The third kappa shape index (κ3) is 4.78. The number of ether oxygens (including phenoxy) is 1. The molecule has 0 aliphatic heterocycles. The molecule has 168 valence electrons. The molecule has 3 aromatic carbocycles. The van der Waals surface area contributed by atoms with Crippen molar-refractivity contribution in [1.29, 1.82) is 0 Å². The summed E-state index contributed by atoms with van der Waals surface area (Å²) in [5.41, 5.74) is 4.27. The third-order valence-electron chi connectivity index (χ3n) is 5.70. The molecule has 0 fully saturated rings. The lowest BCUT2D eigenvalue weighted by atomic mass is 9.97. The number of fused-ring (bicyclic) bond motifs is 1. The van der Waals surface area contributed by atoms with E-state index in [-0.39, 0.29) is 0 Å². The molecule has 0 aliphatic rings. The van der Waals surface area contributed by atoms with E-state index >= 15 is 0 Å². The van der Waals surface area contributed by atoms with Crippen molar-refractivity contribution in [3.05, 3.63) is 77.6 Å². The molecule has 0 spiro atoms. The van der Waals surface area contributed by atoms with Crippen LogP contribution in [0.5, 0.6) is 5.75 Å². The number of methoxy groups -OCH3 is 1. The number of hydrogen-bond donors (Lipinski definition) is 2. The van der Waals surface area contributed by atoms with E-state index in [2.05, 4.69) is 46.5 Å². The smallest absolute Gasteiger partial charge is 0.336 e. The standard InChI is InChI=1S/C26H25N3O3S/c1-16-19-7-5-4-6-17(19)12-23(32-2)20(16)10-11-27-25-14-22(28-15-29-25)18-8-9-21(26(30)31)24(13-18)33-3/h4-9,12-15H,10-11H2,1-3H3,(H,30,31)(H,27,28,29). The second-order valence-corrected chi connectivity index (χ2v) is 8.44. The Hall–Kier alpha value is -3.58. The molecule has 7 heteroatoms. The predicted molar refractivity (Wildman–Crippen MR) is 134 cm³/mol. The highest BCUT2D eigenvalue weighted by atomic mass is 32.2. The van der Waals surface area contributed by atoms with Gasteiger partial charge >= 0.3 is 5.97 Å². The topological polar surface area (TPSA) is 84.3 Å². The fraction of sp³-hybridized carbons (Fsp3) is 0.192. The summed E-state index contributed by atoms with van der Waals surface area (Å²) in [4.78, 5) is 20.8. The monoisotopic (exact) mass is 459 g/mol. The molecular weight excluding hydrogens is 434 g/mol. The zero-order valence-electron chi connectivity index (χ0n) is 18.8. The van der Waals surface area contributed by atoms with Crippen LogP contribution in [0.15, 0.2) is 65.8 Å². The van der Waals surface area contributed by atoms with Crippen molar-refractivity contribution < 1.29 is 14.6 Å². The second-order valence-electron chi connectivity index (χ2n) is 7.59. The molecule has 0 saturated carbocycles. The van der Waals surface area contributed by atoms with Gasteiger partial charge in [-0.25, -0.2) is 14.8 Å². The van der Waals surface area contributed by atoms with Crippen LogP contribution in [0.2, 0.25) is 0 Å². The normalized spacial score (nSPS) is 10.9. The fourth-order valence-electron chi connectivity index (χ4n) is 3.99. The van der Waals surface area contributed by atoms with Gasteiger partial charge in [0, 0.05) is 23.1 Å². The summed E-state index contributed by atoms with van der Waals surface area (Å²) < 4.78 is 5.67. The van der Waals surface area contributed by atoms with Gasteiger partial charge in [0.15, 0.2) is 0 Å². The van der Waals surface area contributed by atoms with E-state index < -0.39 is 5.97 Å². The lowest BCUT2D eigenvalue weighted by Crippen LogP contribution is -2.09. The van der Waals surface area contributed by atoms with Crippen LogP contribution in [0.1, 0.15) is 21.5 Å². The van der Waals surface area contributed by atoms with E-state index in [1.807, 2.05) is 24.5 Å². The number of carbonyl (C=O) groups is 1. The number of nitrogens with one attached hydrogen (secondary N) is 1. The lowest BCUT2D eigenvalue weighted by molar-refractivity contribution is 0.0693. The molecule has 0 atom stereocenters. The molecule has 4 aromatic rings. The van der Waals surface area contributed by atoms with Crippen molar-refractivity contribution in [2.24, 2.45) is 0 Å². The molecule has 33 heavy (non-hydrogen) atoms. The maximum atomic E-state index is 11.4. The van der Waals surface area contributed by atoms with E-state index in [1.54, 1.807) is 19.2 Å². The minimum absolute atomic E-state index is 0.290. The number of aromatic nitrogens is 2. The number of nitrogens with zero attached hydrogens (tertiary/aromatic N) is 2. The molecule has 6 nitrogen and oxygen atoms in total. The quantitative estimate of drug-likeness (QED) is 0.328. The van der Waals surface area contributed by atoms with Gasteiger partial charge in [0.25, 0.3) is 0 Å². The van der Waals surface area contributed by atoms with Gasteiger partial charge in [-0.3, -0.25) is 0 Å². The van der Waals surface area contributed by atoms with Crippen molar-refractivity contribution in [3.63, 3.8) is 0 Å². The van der Waals surface area contributed by atoms with Crippen molar-refractivity contribution in [1.82, 2.24) is 9.97 Å². The Labute approximate surface area is 197 Å². The first-order chi connectivity index (χ1) is 16.0. The van der Waals surface area contributed by atoms with Crippen molar-refractivity contribution in [2.45, 2.75) is 18.2 Å². The zero-order valence-corrected chi connectivity index (χ0v) is 19.6. The van der Waals surface area contributed by atoms with E-state index in [0.29, 0.717) is 22.8 Å². The Kier molecular flexibility index (Phi) is 6.79. The largest absolute Gasteiger partial charge is 0.496 e. The maximum absolute atomic E-state index is 11.4. The average Bonchev–Trinajstić information content (AvgIpc) is 2.85. The van der Waals surface area contributed by atoms with Crippen molar-refractivity contribution in [3.8, 4) is 17.0 Å². The Morgan fingerprint density at radius 2 is 1.94 bits per heavy atom. The molecular formula is C26H25N3O3S. The molecule has 0 radical (unpaired) electrons. The first kappa shape index (κ1) is 22.6. The summed E-state index contributed by atoms with van der Waals surface area (Å²) in [5.74, 6) is 0.667. The van der Waals surface area contributed by atoms with Gasteiger partial charge in [-0.15, -0.1) is 11.8 Å². The minimum atomic E-state index is -0.935. The Balaban J connectivity index is 1.53. The maximum Gasteiger partial charge on any atom is 0.336 e. The first-order valence-electron chi connectivity index (χ1n) is 10.5. The molecule has 2 N–H and O–H groups in total. The number of anilines is 1. The fourth-order valence-corrected chi connectivity index (χ4v) is 4.61. The second kappa shape index (κ2) is 9.92. The van der Waals surface area contributed by atoms with Crippen LogP contribution in [0.3, 0.4) is 0 Å². The van der Waals surface area contributed by atoms with Gasteiger partial charge < -0.3 is 15.2 Å². The van der Waals surface area contributed by atoms with Gasteiger partial charge in [0.05, 0.1) is 18.4 Å². The summed E-state index contributed by atoms with van der Waals surface area (Å²) in [6.45, 7) is 2.81. The molecule has 0 aliphatic carbocycles. The van der Waals surface area contributed by atoms with Crippen LogP contribution in [0.4, 0.5) is 5.82 Å². The van der Waals surface area contributed by atoms with Crippen LogP contribution in [0.25, 0.3) is 22.0 Å². The zero-order chi connectivity index (χ0) is 23.4. The van der Waals surface area contributed by atoms with Gasteiger partial charge in [0.2, 0.25) is 0 Å². The number of hydrogen-bond acceptors (Lipinski definition) is 6. The van der Waals surface area contributed by atoms with Gasteiger partial charge in [-0.2, -0.15) is 0 Å². The van der Waals surface area contributed by atoms with Crippen LogP contribution < -0.4 is 10.1 Å². The van der Waals surface area contributed by atoms with E-state index in [4.69, 9.17) is 4.74 Å². The Morgan fingerprint density at radius 3 is 2.70 bits per heavy atom. The Morgan fingerprint density at radius 1 is 1.12 bits per heavy atom. The molecule has 0 saturated heterocycles. The molecule has 1 aromatic heterocycles. The number of thioether (sulfide) groups is 1. The van der Waals surface area contributed by atoms with Crippen LogP contribution >= 0.6 is 11.8 Å². The van der Waals surface area contributed by atoms with Crippen LogP contribution in [-0.4, -0.2) is 41.0 Å². The SMILES string of the molecule is COc1cc2ccccc2c(C)c1CCNc1cc(-c2ccc(C(=O)O)c(SC)c2)ncn1. The molecule has 0 bridgehead atoms. The summed E-state index contributed by atoms with van der Waals surface area (Å²) in [6.07, 6.45) is 4.16. The van der Waals surface area contributed by atoms with E-state index in [1.165, 1.54) is 40.0 Å². The Bertz CT molecular complexity index is 1320. The number of rotatable bonds is 8. The number of benzene rings is 3. The van der Waals surface area contributed by atoms with Crippen LogP contribution in [0, 0.1) is 6.92 Å². The summed E-state index contributed by atoms with van der Waals surface area (Å²) in [6, 6.07) is 17.5. The summed E-state index contributed by atoms with van der Waals surface area (Å²) in [7, 11) is 1.70. The highest BCUT2D eigenvalue weighted by Crippen LogP contribution is 2.31. The number of aromatic carboxylic acids is 1. The molecule has 0 amide bonds. The van der Waals surface area contributed by atoms with Crippen molar-refractivity contribution >= 4 is 34.3 Å². The lowest BCUT2D eigenvalue weighted by Gasteiger charge is -2.15. The number of carboxylic acid groups (broad SMARTS) is 1. The highest BCUT2D eigenvalue weighted by molar-refractivity contribution is 7.98. The number of carboxylic acids is 1. The number of aryl methyl sites for hydroxylation is 1. The predicted octanol–water partition coefficient (Wildman–Crippen LogP) is 5.69. The van der Waals surface area contributed by atoms with E-state index in [0.717, 1.165) is 23.4 Å². The minimum Gasteiger partial charge on any atom is -0.496 e. The highest BCUT2D eigenvalue weighted by Gasteiger charge is 2.13. The average molecular weight is 460 g/mol. The molecule has 1 heterocycles. The summed E-state index contributed by atoms with van der Waals surface area (Å²) in [5, 5.41) is 15.1. The third-order valence-corrected chi connectivity index (χ3v) is 6.47. The molecule has 4 rings (SSSR count). The van der Waals surface area contributed by atoms with E-state index in [9.17, 15) is 9.90 Å². The van der Waals surface area contributed by atoms with Crippen LogP contribution in [-0.2, 0) is 6.42 Å². The van der Waals surface area contributed by atoms with Crippen molar-refractivity contribution in [2.75, 3.05) is 25.2 Å². The van der Waals surface area contributed by atoms with Gasteiger partial charge in [0.1, 0.15) is 17.9 Å². The van der Waals surface area contributed by atoms with Gasteiger partial charge in [-0.1, -0.05) is 30.3 Å². The first-order valence-corrected chi connectivity index (χ1v) is 11.8. The summed E-state index contributed by atoms with van der Waals surface area (Å²) >= 11 is 1.40. The van der Waals surface area contributed by atoms with Gasteiger partial charge in [-0.05, 0) is 59.7 Å².